The maximum atomic E-state index is 13.1. The van der Waals surface area contributed by atoms with Gasteiger partial charge in [0.05, 0.1) is 30.9 Å². The van der Waals surface area contributed by atoms with Gasteiger partial charge >= 0.3 is 12.2 Å². The summed E-state index contributed by atoms with van der Waals surface area (Å²) in [4.78, 5) is 28.4. The molecule has 0 aromatic heterocycles. The third-order valence-corrected chi connectivity index (χ3v) is 5.48. The monoisotopic (exact) mass is 464 g/mol. The molecule has 1 aliphatic rings. The van der Waals surface area contributed by atoms with E-state index in [1.165, 1.54) is 18.2 Å². The number of anilines is 1. The van der Waals surface area contributed by atoms with Crippen molar-refractivity contribution in [2.45, 2.75) is 19.1 Å². The van der Waals surface area contributed by atoms with Crippen LogP contribution in [0.4, 0.5) is 23.7 Å². The van der Waals surface area contributed by atoms with Crippen molar-refractivity contribution in [3.63, 3.8) is 0 Å². The van der Waals surface area contributed by atoms with Gasteiger partial charge in [-0.25, -0.2) is 4.79 Å². The van der Waals surface area contributed by atoms with Crippen LogP contribution in [-0.2, 0) is 11.0 Å². The largest absolute Gasteiger partial charge is 0.496 e. The number of halogens is 3. The first-order valence-corrected chi connectivity index (χ1v) is 10.6. The Hall–Kier alpha value is -3.27. The number of urea groups is 1. The maximum Gasteiger partial charge on any atom is 0.418 e. The molecule has 178 valence electrons. The van der Waals surface area contributed by atoms with Crippen LogP contribution in [0.25, 0.3) is 0 Å². The van der Waals surface area contributed by atoms with Crippen LogP contribution in [0.2, 0.25) is 0 Å². The van der Waals surface area contributed by atoms with Crippen molar-refractivity contribution in [2.75, 3.05) is 45.2 Å². The number of nitrogens with zero attached hydrogens (tertiary/aromatic N) is 2. The molecule has 2 aromatic rings. The highest BCUT2D eigenvalue weighted by molar-refractivity contribution is 5.93. The standard InChI is InChI=1S/C23H27F3N4O3/c1-16(17-7-3-6-10-20(17)33-2)27-22(32)30-13-11-29(12-14-30)15-21(31)28-19-9-5-4-8-18(19)23(24,25)26/h3-10,16H,11-15H2,1-2H3,(H,27,32)(H,28,31)/t16-/m1/s1. The van der Waals surface area contributed by atoms with E-state index < -0.39 is 17.6 Å². The second-order valence-electron chi connectivity index (χ2n) is 7.77. The smallest absolute Gasteiger partial charge is 0.418 e. The molecule has 1 heterocycles. The summed E-state index contributed by atoms with van der Waals surface area (Å²) >= 11 is 0. The Labute approximate surface area is 190 Å². The third kappa shape index (κ3) is 6.38. The number of para-hydroxylation sites is 2. The highest BCUT2D eigenvalue weighted by Crippen LogP contribution is 2.34. The molecule has 10 heteroatoms. The highest BCUT2D eigenvalue weighted by Gasteiger charge is 2.33. The summed E-state index contributed by atoms with van der Waals surface area (Å²) in [6.45, 7) is 3.48. The molecular weight excluding hydrogens is 437 g/mol. The lowest BCUT2D eigenvalue weighted by Gasteiger charge is -2.35. The van der Waals surface area contributed by atoms with E-state index in [0.717, 1.165) is 11.6 Å². The SMILES string of the molecule is COc1ccccc1[C@@H](C)NC(=O)N1CCN(CC(=O)Nc2ccccc2C(F)(F)F)CC1. The summed E-state index contributed by atoms with van der Waals surface area (Å²) in [5.41, 5.74) is -0.287. The lowest BCUT2D eigenvalue weighted by atomic mass is 10.1. The number of carbonyl (C=O) groups excluding carboxylic acids is 2. The Balaban J connectivity index is 1.49. The molecule has 3 amide bonds. The molecule has 0 radical (unpaired) electrons. The first kappa shape index (κ1) is 24.4. The number of piperazine rings is 1. The number of rotatable bonds is 6. The predicted octanol–water partition coefficient (Wildman–Crippen LogP) is 3.74. The summed E-state index contributed by atoms with van der Waals surface area (Å²) in [6.07, 6.45) is -4.55. The number of amides is 3. The van der Waals surface area contributed by atoms with Gasteiger partial charge in [-0.3, -0.25) is 9.69 Å². The van der Waals surface area contributed by atoms with Gasteiger partial charge in [-0.2, -0.15) is 13.2 Å². The van der Waals surface area contributed by atoms with E-state index in [1.807, 2.05) is 31.2 Å². The zero-order valence-corrected chi connectivity index (χ0v) is 18.5. The Morgan fingerprint density at radius 3 is 2.33 bits per heavy atom. The minimum absolute atomic E-state index is 0.0563. The van der Waals surface area contributed by atoms with Gasteiger partial charge in [-0.1, -0.05) is 30.3 Å². The highest BCUT2D eigenvalue weighted by atomic mass is 19.4. The number of nitrogens with one attached hydrogen (secondary N) is 2. The Bertz CT molecular complexity index is 975. The van der Waals surface area contributed by atoms with Crippen LogP contribution in [0.5, 0.6) is 5.75 Å². The van der Waals surface area contributed by atoms with Gasteiger partial charge in [0.1, 0.15) is 5.75 Å². The number of ether oxygens (including phenoxy) is 1. The zero-order valence-electron chi connectivity index (χ0n) is 18.5. The number of carbonyl (C=O) groups is 2. The van der Waals surface area contributed by atoms with Crippen molar-refractivity contribution in [3.8, 4) is 5.75 Å². The van der Waals surface area contributed by atoms with Gasteiger partial charge < -0.3 is 20.3 Å². The first-order valence-electron chi connectivity index (χ1n) is 10.6. The Morgan fingerprint density at radius 1 is 1.03 bits per heavy atom. The molecular formula is C23H27F3N4O3. The van der Waals surface area contributed by atoms with Crippen LogP contribution in [-0.4, -0.2) is 61.6 Å². The summed E-state index contributed by atoms with van der Waals surface area (Å²) in [5.74, 6) is 0.155. The zero-order chi connectivity index (χ0) is 24.0. The number of hydrogen-bond acceptors (Lipinski definition) is 4. The van der Waals surface area contributed by atoms with Crippen LogP contribution in [0, 0.1) is 0 Å². The number of hydrogen-bond donors (Lipinski definition) is 2. The second kappa shape index (κ2) is 10.6. The molecule has 0 aliphatic carbocycles. The van der Waals surface area contributed by atoms with E-state index in [2.05, 4.69) is 10.6 Å². The van der Waals surface area contributed by atoms with E-state index in [1.54, 1.807) is 16.9 Å². The van der Waals surface area contributed by atoms with Crippen LogP contribution in [0.3, 0.4) is 0 Å². The fourth-order valence-corrected chi connectivity index (χ4v) is 3.72. The van der Waals surface area contributed by atoms with Crippen LogP contribution >= 0.6 is 0 Å². The number of benzene rings is 2. The normalized spacial score (nSPS) is 15.6. The number of methoxy groups -OCH3 is 1. The van der Waals surface area contributed by atoms with E-state index >= 15 is 0 Å². The van der Waals surface area contributed by atoms with E-state index in [9.17, 15) is 22.8 Å². The fraction of sp³-hybridized carbons (Fsp3) is 0.391. The number of alkyl halides is 3. The molecule has 33 heavy (non-hydrogen) atoms. The van der Waals surface area contributed by atoms with E-state index in [0.29, 0.717) is 31.9 Å². The van der Waals surface area contributed by atoms with Gasteiger partial charge in [0.15, 0.2) is 0 Å². The van der Waals surface area contributed by atoms with Crippen LogP contribution in [0.15, 0.2) is 48.5 Å². The molecule has 2 aromatic carbocycles. The van der Waals surface area contributed by atoms with Crippen LogP contribution < -0.4 is 15.4 Å². The average molecular weight is 464 g/mol. The predicted molar refractivity (Wildman–Crippen MR) is 118 cm³/mol. The second-order valence-corrected chi connectivity index (χ2v) is 7.77. The van der Waals surface area contributed by atoms with Crippen molar-refractivity contribution in [2.24, 2.45) is 0 Å². The van der Waals surface area contributed by atoms with E-state index in [4.69, 9.17) is 4.74 Å². The summed E-state index contributed by atoms with van der Waals surface area (Å²) in [5, 5.41) is 5.30. The lowest BCUT2D eigenvalue weighted by molar-refractivity contribution is -0.137. The van der Waals surface area contributed by atoms with Gasteiger partial charge in [-0.15, -0.1) is 0 Å². The molecule has 7 nitrogen and oxygen atoms in total. The molecule has 1 fully saturated rings. The third-order valence-electron chi connectivity index (χ3n) is 5.48. The fourth-order valence-electron chi connectivity index (χ4n) is 3.72. The van der Waals surface area contributed by atoms with E-state index in [-0.39, 0.29) is 24.3 Å². The molecule has 1 aliphatic heterocycles. The molecule has 2 N–H and O–H groups in total. The Kier molecular flexibility index (Phi) is 7.80. The Morgan fingerprint density at radius 2 is 1.67 bits per heavy atom. The van der Waals surface area contributed by atoms with Crippen LogP contribution in [0.1, 0.15) is 24.1 Å². The van der Waals surface area contributed by atoms with Gasteiger partial charge in [0.2, 0.25) is 5.91 Å². The van der Waals surface area contributed by atoms with Gasteiger partial charge in [0, 0.05) is 31.7 Å². The van der Waals surface area contributed by atoms with Crippen molar-refractivity contribution in [1.29, 1.82) is 0 Å². The van der Waals surface area contributed by atoms with Crippen molar-refractivity contribution in [3.05, 3.63) is 59.7 Å². The summed E-state index contributed by atoms with van der Waals surface area (Å²) in [7, 11) is 1.57. The molecule has 1 saturated heterocycles. The molecule has 0 saturated carbocycles. The van der Waals surface area contributed by atoms with Crippen molar-refractivity contribution in [1.82, 2.24) is 15.1 Å². The molecule has 0 spiro atoms. The maximum absolute atomic E-state index is 13.1. The molecule has 3 rings (SSSR count). The molecule has 0 unspecified atom stereocenters. The van der Waals surface area contributed by atoms with Gasteiger partial charge in [0.25, 0.3) is 0 Å². The lowest BCUT2D eigenvalue weighted by Crippen LogP contribution is -2.53. The topological polar surface area (TPSA) is 73.9 Å². The average Bonchev–Trinajstić information content (AvgIpc) is 2.79. The summed E-state index contributed by atoms with van der Waals surface area (Å²) in [6, 6.07) is 11.8. The molecule has 1 atom stereocenters. The summed E-state index contributed by atoms with van der Waals surface area (Å²) < 4.78 is 44.7. The quantitative estimate of drug-likeness (QED) is 0.683. The minimum Gasteiger partial charge on any atom is -0.496 e. The minimum atomic E-state index is -4.55. The molecule has 0 bridgehead atoms. The first-order chi connectivity index (χ1) is 15.7. The van der Waals surface area contributed by atoms with Crippen molar-refractivity contribution < 1.29 is 27.5 Å². The van der Waals surface area contributed by atoms with Crippen molar-refractivity contribution >= 4 is 17.6 Å². The van der Waals surface area contributed by atoms with Gasteiger partial charge in [-0.05, 0) is 25.1 Å².